The monoisotopic (exact) mass is 392 g/mol. The maximum Gasteiger partial charge on any atom is 0.295 e. The van der Waals surface area contributed by atoms with Crippen molar-refractivity contribution in [3.8, 4) is 0 Å². The molecule has 5 nitrogen and oxygen atoms in total. The van der Waals surface area contributed by atoms with Crippen LogP contribution in [0.2, 0.25) is 0 Å². The van der Waals surface area contributed by atoms with E-state index in [2.05, 4.69) is 34.6 Å². The van der Waals surface area contributed by atoms with E-state index in [-0.39, 0.29) is 16.4 Å². The summed E-state index contributed by atoms with van der Waals surface area (Å²) in [5.41, 5.74) is -0.987. The Morgan fingerprint density at radius 1 is 1.00 bits per heavy atom. The highest BCUT2D eigenvalue weighted by molar-refractivity contribution is 5.66. The number of carbonyl (C=O) groups excluding carboxylic acids is 2. The van der Waals surface area contributed by atoms with Gasteiger partial charge in [0.15, 0.2) is 6.29 Å². The molecule has 3 aliphatic carbocycles. The smallest absolute Gasteiger partial charge is 0.295 e. The fraction of sp³-hybridized carbons (Fsp3) is 0.913. The molecule has 0 N–H and O–H groups in total. The summed E-state index contributed by atoms with van der Waals surface area (Å²) in [4.78, 5) is 23.1. The number of ether oxygens (including phenoxy) is 3. The van der Waals surface area contributed by atoms with Crippen molar-refractivity contribution in [2.45, 2.75) is 103 Å². The molecule has 0 bridgehead atoms. The van der Waals surface area contributed by atoms with Crippen LogP contribution in [0.25, 0.3) is 0 Å². The highest BCUT2D eigenvalue weighted by Gasteiger charge is 2.68. The first-order valence-electron chi connectivity index (χ1n) is 11.0. The Hall–Kier alpha value is -0.940. The molecule has 5 heteroatoms. The Bertz CT molecular complexity index is 641. The minimum absolute atomic E-state index is 0.122. The summed E-state index contributed by atoms with van der Waals surface area (Å²) in [6, 6.07) is 0. The predicted molar refractivity (Wildman–Crippen MR) is 104 cm³/mol. The van der Waals surface area contributed by atoms with Gasteiger partial charge in [-0.15, -0.1) is 0 Å². The van der Waals surface area contributed by atoms with Gasteiger partial charge in [0.2, 0.25) is 6.29 Å². The minimum Gasteiger partial charge on any atom is -0.438 e. The zero-order valence-corrected chi connectivity index (χ0v) is 18.0. The second-order valence-electron chi connectivity index (χ2n) is 11.2. The zero-order chi connectivity index (χ0) is 20.4. The van der Waals surface area contributed by atoms with Gasteiger partial charge in [-0.05, 0) is 82.5 Å². The van der Waals surface area contributed by atoms with Gasteiger partial charge in [0.1, 0.15) is 5.60 Å². The summed E-state index contributed by atoms with van der Waals surface area (Å²) in [6.45, 7) is 11.5. The van der Waals surface area contributed by atoms with E-state index in [1.165, 1.54) is 6.42 Å². The van der Waals surface area contributed by atoms with Gasteiger partial charge in [-0.1, -0.05) is 13.8 Å². The van der Waals surface area contributed by atoms with Crippen molar-refractivity contribution in [3.05, 3.63) is 0 Å². The van der Waals surface area contributed by atoms with Crippen LogP contribution in [-0.4, -0.2) is 36.4 Å². The summed E-state index contributed by atoms with van der Waals surface area (Å²) in [5, 5.41) is 0. The van der Waals surface area contributed by atoms with Crippen molar-refractivity contribution in [2.24, 2.45) is 28.6 Å². The number of hydrogen-bond acceptors (Lipinski definition) is 5. The molecule has 1 heterocycles. The van der Waals surface area contributed by atoms with Crippen molar-refractivity contribution in [2.75, 3.05) is 0 Å². The number of fused-ring (bicyclic) bond motifs is 5. The number of aldehydes is 1. The summed E-state index contributed by atoms with van der Waals surface area (Å²) < 4.78 is 17.7. The SMILES string of the molecule is CC(C)(C)O[C@H]1CC[C@H]2[C@@H]3CC[C@]4(C=O)O[C@H](OC=O)C[C@]4(C)[C@H]3CC[C@]12C. The molecular formula is C23H36O5. The molecule has 0 radical (unpaired) electrons. The molecule has 0 amide bonds. The lowest BCUT2D eigenvalue weighted by atomic mass is 9.46. The molecule has 158 valence electrons. The molecule has 28 heavy (non-hydrogen) atoms. The third-order valence-corrected chi connectivity index (χ3v) is 8.81. The lowest BCUT2D eigenvalue weighted by molar-refractivity contribution is -0.201. The van der Waals surface area contributed by atoms with Crippen LogP contribution in [0.1, 0.15) is 79.6 Å². The zero-order valence-electron chi connectivity index (χ0n) is 18.0. The molecule has 8 atom stereocenters. The Balaban J connectivity index is 1.61. The summed E-state index contributed by atoms with van der Waals surface area (Å²) >= 11 is 0. The Morgan fingerprint density at radius 3 is 2.39 bits per heavy atom. The lowest BCUT2D eigenvalue weighted by Gasteiger charge is -2.59. The van der Waals surface area contributed by atoms with E-state index in [1.807, 2.05) is 0 Å². The summed E-state index contributed by atoms with van der Waals surface area (Å²) in [5.74, 6) is 1.65. The Kier molecular flexibility index (Phi) is 4.74. The summed E-state index contributed by atoms with van der Waals surface area (Å²) in [7, 11) is 0. The topological polar surface area (TPSA) is 61.8 Å². The van der Waals surface area contributed by atoms with Gasteiger partial charge in [-0.3, -0.25) is 4.79 Å². The number of rotatable bonds is 4. The molecule has 0 spiro atoms. The summed E-state index contributed by atoms with van der Waals surface area (Å²) in [6.07, 6.45) is 7.63. The first-order valence-corrected chi connectivity index (χ1v) is 11.0. The number of carbonyl (C=O) groups is 2. The van der Waals surface area contributed by atoms with E-state index in [4.69, 9.17) is 14.2 Å². The molecule has 4 fully saturated rings. The van der Waals surface area contributed by atoms with E-state index in [1.54, 1.807) is 0 Å². The highest BCUT2D eigenvalue weighted by atomic mass is 16.7. The maximum absolute atomic E-state index is 12.2. The van der Waals surface area contributed by atoms with Gasteiger partial charge in [0, 0.05) is 11.8 Å². The van der Waals surface area contributed by atoms with Crippen molar-refractivity contribution < 1.29 is 23.8 Å². The molecule has 0 aromatic rings. The van der Waals surface area contributed by atoms with E-state index in [9.17, 15) is 9.59 Å². The van der Waals surface area contributed by atoms with Crippen LogP contribution < -0.4 is 0 Å². The van der Waals surface area contributed by atoms with E-state index >= 15 is 0 Å². The third-order valence-electron chi connectivity index (χ3n) is 8.81. The number of hydrogen-bond donors (Lipinski definition) is 0. The van der Waals surface area contributed by atoms with Crippen molar-refractivity contribution >= 4 is 12.8 Å². The van der Waals surface area contributed by atoms with Gasteiger partial charge in [0.05, 0.1) is 11.7 Å². The van der Waals surface area contributed by atoms with Crippen LogP contribution >= 0.6 is 0 Å². The normalized spacial score (nSPS) is 50.4. The van der Waals surface area contributed by atoms with Crippen LogP contribution in [-0.2, 0) is 23.8 Å². The average Bonchev–Trinajstić information content (AvgIpc) is 3.08. The van der Waals surface area contributed by atoms with Crippen molar-refractivity contribution in [1.29, 1.82) is 0 Å². The second kappa shape index (κ2) is 6.53. The predicted octanol–water partition coefficient (Wildman–Crippen LogP) is 4.27. The molecular weight excluding hydrogens is 356 g/mol. The average molecular weight is 393 g/mol. The second-order valence-corrected chi connectivity index (χ2v) is 11.2. The van der Waals surface area contributed by atoms with Gasteiger partial charge in [0.25, 0.3) is 6.47 Å². The first kappa shape index (κ1) is 20.3. The van der Waals surface area contributed by atoms with Crippen LogP contribution in [0.15, 0.2) is 0 Å². The van der Waals surface area contributed by atoms with Crippen LogP contribution in [0, 0.1) is 28.6 Å². The molecule has 0 unspecified atom stereocenters. The molecule has 0 aromatic carbocycles. The van der Waals surface area contributed by atoms with E-state index in [0.29, 0.717) is 36.8 Å². The van der Waals surface area contributed by atoms with Crippen LogP contribution in [0.5, 0.6) is 0 Å². The standard InChI is InChI=1S/C23H36O5/c1-20(2,3)27-18-7-6-16-15-8-11-23(13-24)22(5,12-19(28-23)26-14-25)17(15)9-10-21(16,18)4/h13-19H,6-12H2,1-5H3/t15-,16-,17-,18-,19-,21-,22+,23+/m0/s1. The highest BCUT2D eigenvalue weighted by Crippen LogP contribution is 2.68. The minimum atomic E-state index is -0.810. The van der Waals surface area contributed by atoms with Crippen LogP contribution in [0.4, 0.5) is 0 Å². The Labute approximate surface area is 168 Å². The van der Waals surface area contributed by atoms with Crippen molar-refractivity contribution in [3.63, 3.8) is 0 Å². The van der Waals surface area contributed by atoms with Gasteiger partial charge >= 0.3 is 0 Å². The lowest BCUT2D eigenvalue weighted by Crippen LogP contribution is -2.59. The first-order chi connectivity index (χ1) is 13.1. The Morgan fingerprint density at radius 2 is 1.75 bits per heavy atom. The third kappa shape index (κ3) is 2.79. The van der Waals surface area contributed by atoms with Gasteiger partial charge in [-0.2, -0.15) is 0 Å². The quantitative estimate of drug-likeness (QED) is 0.669. The van der Waals surface area contributed by atoms with E-state index in [0.717, 1.165) is 38.4 Å². The maximum atomic E-state index is 12.2. The molecule has 0 aromatic heterocycles. The fourth-order valence-electron chi connectivity index (χ4n) is 7.53. The van der Waals surface area contributed by atoms with E-state index < -0.39 is 11.9 Å². The van der Waals surface area contributed by atoms with Crippen LogP contribution in [0.3, 0.4) is 0 Å². The molecule has 1 aliphatic heterocycles. The molecule has 1 saturated heterocycles. The fourth-order valence-corrected chi connectivity index (χ4v) is 7.53. The molecule has 4 rings (SSSR count). The molecule has 3 saturated carbocycles. The molecule has 4 aliphatic rings. The largest absolute Gasteiger partial charge is 0.438 e. The van der Waals surface area contributed by atoms with Gasteiger partial charge < -0.3 is 19.0 Å². The van der Waals surface area contributed by atoms with Crippen molar-refractivity contribution in [1.82, 2.24) is 0 Å². The van der Waals surface area contributed by atoms with Gasteiger partial charge in [-0.25, -0.2) is 0 Å².